The summed E-state index contributed by atoms with van der Waals surface area (Å²) in [6, 6.07) is 5.24. The van der Waals surface area contributed by atoms with E-state index in [1.807, 2.05) is 37.5 Å². The number of imidazole rings is 1. The number of H-pyrrole nitrogens is 2. The van der Waals surface area contributed by atoms with Gasteiger partial charge in [0.2, 0.25) is 0 Å². The molecule has 0 aliphatic carbocycles. The molecular weight excluding hydrogens is 246 g/mol. The van der Waals surface area contributed by atoms with Crippen molar-refractivity contribution in [3.05, 3.63) is 34.2 Å². The van der Waals surface area contributed by atoms with Crippen molar-refractivity contribution in [2.75, 3.05) is 6.54 Å². The van der Waals surface area contributed by atoms with Gasteiger partial charge >= 0.3 is 11.7 Å². The minimum atomic E-state index is -0.427. The minimum Gasteiger partial charge on any atom is -0.336 e. The van der Waals surface area contributed by atoms with Gasteiger partial charge in [0.1, 0.15) is 0 Å². The van der Waals surface area contributed by atoms with Crippen LogP contribution in [0.1, 0.15) is 19.4 Å². The van der Waals surface area contributed by atoms with Crippen molar-refractivity contribution < 1.29 is 4.79 Å². The molecule has 7 heteroatoms. The summed E-state index contributed by atoms with van der Waals surface area (Å²) >= 11 is 0. The SMILES string of the molecule is CC(C)(CNC(=O)NN)c1ccc2[nH]c(=O)[nH]c2c1. The topological polar surface area (TPSA) is 116 Å². The van der Waals surface area contributed by atoms with Gasteiger partial charge in [-0.2, -0.15) is 0 Å². The van der Waals surface area contributed by atoms with Crippen molar-refractivity contribution in [1.82, 2.24) is 20.7 Å². The molecule has 0 aliphatic rings. The van der Waals surface area contributed by atoms with E-state index >= 15 is 0 Å². The number of hydrogen-bond donors (Lipinski definition) is 5. The lowest BCUT2D eigenvalue weighted by Crippen LogP contribution is -2.44. The molecule has 0 spiro atoms. The van der Waals surface area contributed by atoms with Crippen molar-refractivity contribution in [1.29, 1.82) is 0 Å². The number of carbonyl (C=O) groups is 1. The summed E-state index contributed by atoms with van der Waals surface area (Å²) in [5.74, 6) is 5.01. The second kappa shape index (κ2) is 4.77. The third-order valence-electron chi connectivity index (χ3n) is 3.12. The maximum Gasteiger partial charge on any atom is 0.328 e. The van der Waals surface area contributed by atoms with Crippen LogP contribution in [0, 0.1) is 0 Å². The van der Waals surface area contributed by atoms with E-state index < -0.39 is 6.03 Å². The molecule has 2 rings (SSSR count). The standard InChI is InChI=1S/C12H17N5O2/c1-12(2,6-14-10(18)17-13)7-3-4-8-9(5-7)16-11(19)15-8/h3-5H,6,13H2,1-2H3,(H2,14,17,18)(H2,15,16,19). The number of fused-ring (bicyclic) bond motifs is 1. The number of hydrogen-bond acceptors (Lipinski definition) is 3. The van der Waals surface area contributed by atoms with E-state index in [1.165, 1.54) is 0 Å². The third-order valence-corrected chi connectivity index (χ3v) is 3.12. The molecule has 2 aromatic rings. The third kappa shape index (κ3) is 2.76. The lowest BCUT2D eigenvalue weighted by Gasteiger charge is -2.25. The number of nitrogens with one attached hydrogen (secondary N) is 4. The molecule has 1 heterocycles. The van der Waals surface area contributed by atoms with Gasteiger partial charge in [0.05, 0.1) is 11.0 Å². The fraction of sp³-hybridized carbons (Fsp3) is 0.333. The molecule has 0 fully saturated rings. The molecule has 0 aliphatic heterocycles. The fourth-order valence-electron chi connectivity index (χ4n) is 1.91. The summed E-state index contributed by atoms with van der Waals surface area (Å²) < 4.78 is 0. The Morgan fingerprint density at radius 2 is 2.00 bits per heavy atom. The number of rotatable bonds is 3. The van der Waals surface area contributed by atoms with Gasteiger partial charge in [-0.3, -0.25) is 5.43 Å². The lowest BCUT2D eigenvalue weighted by atomic mass is 9.84. The number of aromatic nitrogens is 2. The van der Waals surface area contributed by atoms with Gasteiger partial charge < -0.3 is 15.3 Å². The normalized spacial score (nSPS) is 11.5. The average molecular weight is 263 g/mol. The zero-order valence-electron chi connectivity index (χ0n) is 10.8. The predicted octanol–water partition coefficient (Wildman–Crippen LogP) is 0.307. The van der Waals surface area contributed by atoms with Gasteiger partial charge in [-0.05, 0) is 17.7 Å². The van der Waals surface area contributed by atoms with Crippen molar-refractivity contribution in [3.63, 3.8) is 0 Å². The average Bonchev–Trinajstić information content (AvgIpc) is 2.74. The Labute approximate surface area is 109 Å². The highest BCUT2D eigenvalue weighted by atomic mass is 16.2. The van der Waals surface area contributed by atoms with Crippen molar-refractivity contribution in [2.24, 2.45) is 5.84 Å². The Morgan fingerprint density at radius 1 is 1.32 bits per heavy atom. The van der Waals surface area contributed by atoms with Crippen LogP contribution in [0.4, 0.5) is 4.79 Å². The monoisotopic (exact) mass is 263 g/mol. The minimum absolute atomic E-state index is 0.231. The van der Waals surface area contributed by atoms with E-state index in [-0.39, 0.29) is 11.1 Å². The molecule has 1 aromatic carbocycles. The summed E-state index contributed by atoms with van der Waals surface area (Å²) in [6.45, 7) is 4.42. The van der Waals surface area contributed by atoms with Crippen molar-refractivity contribution >= 4 is 17.1 Å². The van der Waals surface area contributed by atoms with Crippen LogP contribution in [0.3, 0.4) is 0 Å². The number of benzene rings is 1. The highest BCUT2D eigenvalue weighted by Gasteiger charge is 2.21. The summed E-state index contributed by atoms with van der Waals surface area (Å²) in [6.07, 6.45) is 0. The van der Waals surface area contributed by atoms with E-state index in [0.717, 1.165) is 16.6 Å². The molecule has 1 aromatic heterocycles. The zero-order chi connectivity index (χ0) is 14.0. The van der Waals surface area contributed by atoms with E-state index in [0.29, 0.717) is 6.54 Å². The molecule has 19 heavy (non-hydrogen) atoms. The first kappa shape index (κ1) is 13.2. The summed E-state index contributed by atoms with van der Waals surface area (Å²) in [7, 11) is 0. The zero-order valence-corrected chi connectivity index (χ0v) is 10.8. The van der Waals surface area contributed by atoms with Crippen LogP contribution in [-0.4, -0.2) is 22.5 Å². The van der Waals surface area contributed by atoms with Crippen LogP contribution in [0.25, 0.3) is 11.0 Å². The van der Waals surface area contributed by atoms with Crippen LogP contribution in [0.15, 0.2) is 23.0 Å². The van der Waals surface area contributed by atoms with Gasteiger partial charge in [0.25, 0.3) is 0 Å². The molecule has 7 nitrogen and oxygen atoms in total. The quantitative estimate of drug-likeness (QED) is 0.311. The Balaban J connectivity index is 2.26. The molecule has 0 bridgehead atoms. The highest BCUT2D eigenvalue weighted by molar-refractivity contribution is 5.76. The van der Waals surface area contributed by atoms with Crippen LogP contribution in [0.2, 0.25) is 0 Å². The Kier molecular flexibility index (Phi) is 3.30. The number of carbonyl (C=O) groups excluding carboxylic acids is 1. The Morgan fingerprint density at radius 3 is 2.68 bits per heavy atom. The van der Waals surface area contributed by atoms with Gasteiger partial charge in [0.15, 0.2) is 0 Å². The number of urea groups is 1. The Bertz CT molecular complexity index is 655. The number of aromatic amines is 2. The molecule has 0 radical (unpaired) electrons. The largest absolute Gasteiger partial charge is 0.336 e. The van der Waals surface area contributed by atoms with E-state index in [9.17, 15) is 9.59 Å². The first-order valence-corrected chi connectivity index (χ1v) is 5.89. The number of hydrazine groups is 1. The maximum atomic E-state index is 11.2. The van der Waals surface area contributed by atoms with E-state index in [1.54, 1.807) is 0 Å². The molecule has 0 saturated heterocycles. The molecule has 6 N–H and O–H groups in total. The van der Waals surface area contributed by atoms with Gasteiger partial charge in [-0.15, -0.1) is 0 Å². The number of amides is 2. The van der Waals surface area contributed by atoms with Gasteiger partial charge in [-0.1, -0.05) is 19.9 Å². The maximum absolute atomic E-state index is 11.2. The lowest BCUT2D eigenvalue weighted by molar-refractivity contribution is 0.238. The van der Waals surface area contributed by atoms with Crippen molar-refractivity contribution in [2.45, 2.75) is 19.3 Å². The van der Waals surface area contributed by atoms with Crippen LogP contribution >= 0.6 is 0 Å². The highest BCUT2D eigenvalue weighted by Crippen LogP contribution is 2.24. The van der Waals surface area contributed by atoms with Crippen molar-refractivity contribution in [3.8, 4) is 0 Å². The second-order valence-corrected chi connectivity index (χ2v) is 5.05. The first-order valence-electron chi connectivity index (χ1n) is 5.89. The summed E-state index contributed by atoms with van der Waals surface area (Å²) in [5.41, 5.74) is 4.02. The summed E-state index contributed by atoms with van der Waals surface area (Å²) in [4.78, 5) is 27.7. The molecule has 0 saturated carbocycles. The summed E-state index contributed by atoms with van der Waals surface area (Å²) in [5, 5.41) is 2.67. The molecule has 0 atom stereocenters. The van der Waals surface area contributed by atoms with Crippen LogP contribution in [0.5, 0.6) is 0 Å². The molecule has 2 amide bonds. The van der Waals surface area contributed by atoms with Crippen LogP contribution < -0.4 is 22.3 Å². The first-order chi connectivity index (χ1) is 8.92. The molecule has 102 valence electrons. The molecule has 0 unspecified atom stereocenters. The fourth-order valence-corrected chi connectivity index (χ4v) is 1.91. The second-order valence-electron chi connectivity index (χ2n) is 5.05. The van der Waals surface area contributed by atoms with E-state index in [4.69, 9.17) is 5.84 Å². The molecular formula is C12H17N5O2. The van der Waals surface area contributed by atoms with Gasteiger partial charge in [-0.25, -0.2) is 15.4 Å². The number of nitrogens with two attached hydrogens (primary N) is 1. The Hall–Kier alpha value is -2.28. The smallest absolute Gasteiger partial charge is 0.328 e. The van der Waals surface area contributed by atoms with Crippen LogP contribution in [-0.2, 0) is 5.41 Å². The van der Waals surface area contributed by atoms with Gasteiger partial charge in [0, 0.05) is 12.0 Å². The van der Waals surface area contributed by atoms with E-state index in [2.05, 4.69) is 15.3 Å². The predicted molar refractivity (Wildman–Crippen MR) is 72.7 cm³/mol.